The highest BCUT2D eigenvalue weighted by atomic mass is 16.5. The van der Waals surface area contributed by atoms with E-state index in [4.69, 9.17) is 9.15 Å². The molecule has 2 heterocycles. The van der Waals surface area contributed by atoms with Crippen molar-refractivity contribution in [2.75, 3.05) is 13.2 Å². The summed E-state index contributed by atoms with van der Waals surface area (Å²) in [5.74, 6) is 0.107. The first kappa shape index (κ1) is 16.5. The van der Waals surface area contributed by atoms with Crippen LogP contribution in [0.4, 0.5) is 0 Å². The van der Waals surface area contributed by atoms with Crippen molar-refractivity contribution in [3.8, 4) is 0 Å². The third-order valence-corrected chi connectivity index (χ3v) is 3.84. The minimum absolute atomic E-state index is 0.208. The zero-order valence-corrected chi connectivity index (χ0v) is 14.3. The molecule has 126 valence electrons. The Labute approximate surface area is 141 Å². The van der Waals surface area contributed by atoms with Gasteiger partial charge in [-0.1, -0.05) is 12.1 Å². The van der Waals surface area contributed by atoms with Gasteiger partial charge in [-0.3, -0.25) is 9.78 Å². The van der Waals surface area contributed by atoms with Gasteiger partial charge in [0.2, 0.25) is 0 Å². The average Bonchev–Trinajstić information content (AvgIpc) is 3.00. The quantitative estimate of drug-likeness (QED) is 0.699. The van der Waals surface area contributed by atoms with Crippen molar-refractivity contribution < 1.29 is 13.9 Å². The molecule has 1 N–H and O–H groups in total. The number of pyridine rings is 1. The predicted octanol–water partition coefficient (Wildman–Crippen LogP) is 3.83. The summed E-state index contributed by atoms with van der Waals surface area (Å²) in [6.07, 6.45) is 0.980. The number of furan rings is 1. The van der Waals surface area contributed by atoms with Gasteiger partial charge in [0.15, 0.2) is 5.76 Å². The zero-order valence-electron chi connectivity index (χ0n) is 14.3. The number of ether oxygens (including phenoxy) is 1. The fourth-order valence-electron chi connectivity index (χ4n) is 2.66. The zero-order chi connectivity index (χ0) is 17.1. The number of aromatic nitrogens is 1. The fraction of sp³-hybridized carbons (Fsp3) is 0.368. The van der Waals surface area contributed by atoms with Crippen LogP contribution >= 0.6 is 0 Å². The molecule has 2 aromatic heterocycles. The minimum Gasteiger partial charge on any atom is -0.450 e. The summed E-state index contributed by atoms with van der Waals surface area (Å²) < 4.78 is 11.3. The molecule has 0 saturated carbocycles. The summed E-state index contributed by atoms with van der Waals surface area (Å²) in [5.41, 5.74) is 2.44. The molecular weight excluding hydrogens is 304 g/mol. The third-order valence-electron chi connectivity index (χ3n) is 3.84. The number of fused-ring (bicyclic) bond motifs is 3. The highest BCUT2D eigenvalue weighted by Gasteiger charge is 2.16. The van der Waals surface area contributed by atoms with Crippen molar-refractivity contribution in [2.45, 2.75) is 33.3 Å². The number of rotatable bonds is 6. The molecule has 3 rings (SSSR count). The first-order valence-corrected chi connectivity index (χ1v) is 8.25. The third kappa shape index (κ3) is 3.41. The number of hydrogen-bond acceptors (Lipinski definition) is 4. The first-order chi connectivity index (χ1) is 11.6. The van der Waals surface area contributed by atoms with Gasteiger partial charge in [-0.25, -0.2) is 0 Å². The van der Waals surface area contributed by atoms with Gasteiger partial charge in [-0.05, 0) is 45.4 Å². The van der Waals surface area contributed by atoms with E-state index < -0.39 is 0 Å². The van der Waals surface area contributed by atoms with E-state index in [0.29, 0.717) is 24.5 Å². The Balaban J connectivity index is 1.77. The number of carbonyl (C=O) groups excluding carboxylic acids is 1. The fourth-order valence-corrected chi connectivity index (χ4v) is 2.66. The SMILES string of the molecule is Cc1nc2ccccc2c2oc(C(=O)NCCCOC(C)C)cc12. The highest BCUT2D eigenvalue weighted by Crippen LogP contribution is 2.28. The van der Waals surface area contributed by atoms with Crippen molar-refractivity contribution in [3.63, 3.8) is 0 Å². The number of carbonyl (C=O) groups is 1. The van der Waals surface area contributed by atoms with Crippen molar-refractivity contribution in [1.82, 2.24) is 10.3 Å². The standard InChI is InChI=1S/C19H22N2O3/c1-12(2)23-10-6-9-20-19(22)17-11-15-13(3)21-16-8-5-4-7-14(16)18(15)24-17/h4-5,7-8,11-12H,6,9-10H2,1-3H3,(H,20,22). The maximum absolute atomic E-state index is 12.3. The van der Waals surface area contributed by atoms with E-state index in [0.717, 1.165) is 28.4 Å². The molecule has 0 bridgehead atoms. The van der Waals surface area contributed by atoms with Crippen LogP contribution in [-0.4, -0.2) is 30.1 Å². The monoisotopic (exact) mass is 326 g/mol. The molecule has 0 atom stereocenters. The predicted molar refractivity (Wildman–Crippen MR) is 94.3 cm³/mol. The lowest BCUT2D eigenvalue weighted by Crippen LogP contribution is -2.25. The van der Waals surface area contributed by atoms with Gasteiger partial charge < -0.3 is 14.5 Å². The maximum Gasteiger partial charge on any atom is 0.287 e. The van der Waals surface area contributed by atoms with Crippen LogP contribution in [0.1, 0.15) is 36.5 Å². The molecule has 0 aliphatic carbocycles. The molecular formula is C19H22N2O3. The normalized spacial score (nSPS) is 11.5. The van der Waals surface area contributed by atoms with E-state index in [1.54, 1.807) is 6.07 Å². The lowest BCUT2D eigenvalue weighted by atomic mass is 10.1. The molecule has 0 fully saturated rings. The molecule has 5 heteroatoms. The maximum atomic E-state index is 12.3. The van der Waals surface area contributed by atoms with E-state index in [2.05, 4.69) is 10.3 Å². The largest absolute Gasteiger partial charge is 0.450 e. The lowest BCUT2D eigenvalue weighted by Gasteiger charge is -2.07. The molecule has 0 aliphatic rings. The van der Waals surface area contributed by atoms with Crippen molar-refractivity contribution >= 4 is 27.8 Å². The molecule has 3 aromatic rings. The molecule has 24 heavy (non-hydrogen) atoms. The molecule has 1 amide bonds. The van der Waals surface area contributed by atoms with Crippen molar-refractivity contribution in [1.29, 1.82) is 0 Å². The second kappa shape index (κ2) is 7.01. The summed E-state index contributed by atoms with van der Waals surface area (Å²) in [6, 6.07) is 9.55. The number of nitrogens with zero attached hydrogens (tertiary/aromatic N) is 1. The summed E-state index contributed by atoms with van der Waals surface area (Å²) in [5, 5.41) is 4.66. The highest BCUT2D eigenvalue weighted by molar-refractivity contribution is 6.06. The van der Waals surface area contributed by atoms with Crippen LogP contribution in [-0.2, 0) is 4.74 Å². The molecule has 1 aromatic carbocycles. The second-order valence-electron chi connectivity index (χ2n) is 6.10. The molecule has 0 spiro atoms. The molecule has 0 radical (unpaired) electrons. The van der Waals surface area contributed by atoms with Gasteiger partial charge in [0.25, 0.3) is 5.91 Å². The summed E-state index contributed by atoms with van der Waals surface area (Å²) in [7, 11) is 0. The molecule has 5 nitrogen and oxygen atoms in total. The summed E-state index contributed by atoms with van der Waals surface area (Å²) >= 11 is 0. The van der Waals surface area contributed by atoms with Gasteiger partial charge >= 0.3 is 0 Å². The van der Waals surface area contributed by atoms with Gasteiger partial charge in [0.05, 0.1) is 11.6 Å². The van der Waals surface area contributed by atoms with E-state index in [9.17, 15) is 4.79 Å². The van der Waals surface area contributed by atoms with Crippen LogP contribution in [0.25, 0.3) is 21.9 Å². The smallest absolute Gasteiger partial charge is 0.287 e. The Morgan fingerprint density at radius 2 is 2.08 bits per heavy atom. The molecule has 0 aliphatic heterocycles. The minimum atomic E-state index is -0.209. The Morgan fingerprint density at radius 1 is 1.29 bits per heavy atom. The van der Waals surface area contributed by atoms with Crippen LogP contribution in [0.15, 0.2) is 34.7 Å². The van der Waals surface area contributed by atoms with Gasteiger partial charge in [-0.2, -0.15) is 0 Å². The lowest BCUT2D eigenvalue weighted by molar-refractivity contribution is 0.0753. The molecule has 0 saturated heterocycles. The molecule has 0 unspecified atom stereocenters. The van der Waals surface area contributed by atoms with Crippen molar-refractivity contribution in [2.24, 2.45) is 0 Å². The Morgan fingerprint density at radius 3 is 2.88 bits per heavy atom. The number of amides is 1. The van der Waals surface area contributed by atoms with Crippen LogP contribution in [0.3, 0.4) is 0 Å². The Hall–Kier alpha value is -2.40. The number of nitrogens with one attached hydrogen (secondary N) is 1. The number of para-hydroxylation sites is 1. The van der Waals surface area contributed by atoms with Crippen LogP contribution in [0, 0.1) is 6.92 Å². The van der Waals surface area contributed by atoms with Crippen molar-refractivity contribution in [3.05, 3.63) is 41.8 Å². The summed E-state index contributed by atoms with van der Waals surface area (Å²) in [4.78, 5) is 16.9. The van der Waals surface area contributed by atoms with E-state index in [1.165, 1.54) is 0 Å². The number of hydrogen-bond donors (Lipinski definition) is 1. The van der Waals surface area contributed by atoms with Gasteiger partial charge in [0, 0.05) is 29.6 Å². The van der Waals surface area contributed by atoms with Gasteiger partial charge in [-0.15, -0.1) is 0 Å². The van der Waals surface area contributed by atoms with E-state index >= 15 is 0 Å². The van der Waals surface area contributed by atoms with Crippen LogP contribution in [0.5, 0.6) is 0 Å². The topological polar surface area (TPSA) is 64.4 Å². The van der Waals surface area contributed by atoms with Crippen LogP contribution in [0.2, 0.25) is 0 Å². The average molecular weight is 326 g/mol. The second-order valence-corrected chi connectivity index (χ2v) is 6.10. The van der Waals surface area contributed by atoms with Gasteiger partial charge in [0.1, 0.15) is 5.58 Å². The number of aryl methyl sites for hydroxylation is 1. The Bertz CT molecular complexity index is 868. The number of benzene rings is 1. The summed E-state index contributed by atoms with van der Waals surface area (Å²) in [6.45, 7) is 7.10. The first-order valence-electron chi connectivity index (χ1n) is 8.25. The van der Waals surface area contributed by atoms with Crippen LogP contribution < -0.4 is 5.32 Å². The van der Waals surface area contributed by atoms with E-state index in [1.807, 2.05) is 45.0 Å². The van der Waals surface area contributed by atoms with E-state index in [-0.39, 0.29) is 12.0 Å². The Kier molecular flexibility index (Phi) is 4.81.